The molecular weight excluding hydrogens is 350 g/mol. The third kappa shape index (κ3) is 3.29. The average molecular weight is 357 g/mol. The molecule has 82 valence electrons. The second kappa shape index (κ2) is 5.09. The van der Waals surface area contributed by atoms with Crippen molar-refractivity contribution in [3.8, 4) is 0 Å². The second-order valence-electron chi connectivity index (χ2n) is 2.77. The fourth-order valence-electron chi connectivity index (χ4n) is 0.788. The van der Waals surface area contributed by atoms with Gasteiger partial charge in [0.25, 0.3) is 5.91 Å². The van der Waals surface area contributed by atoms with E-state index in [2.05, 4.69) is 37.2 Å². The number of nitrogens with one attached hydrogen (secondary N) is 1. The molecule has 0 aliphatic heterocycles. The summed E-state index contributed by atoms with van der Waals surface area (Å²) in [4.78, 5) is 22.5. The Morgan fingerprint density at radius 1 is 1.53 bits per heavy atom. The highest BCUT2D eigenvalue weighted by Gasteiger charge is 2.17. The fraction of sp³-hybridized carbons (Fsp3) is 0.250. The third-order valence-electron chi connectivity index (χ3n) is 1.59. The minimum Gasteiger partial charge on any atom is -0.480 e. The topological polar surface area (TPSA) is 66.4 Å². The van der Waals surface area contributed by atoms with E-state index in [0.717, 1.165) is 8.26 Å². The molecule has 1 atom stereocenters. The largest absolute Gasteiger partial charge is 0.480 e. The Bertz CT molecular complexity index is 385. The number of hydrogen-bond acceptors (Lipinski definition) is 3. The van der Waals surface area contributed by atoms with Gasteiger partial charge in [-0.2, -0.15) is 0 Å². The van der Waals surface area contributed by atoms with E-state index in [9.17, 15) is 9.59 Å². The SMILES string of the molecule is C[C@H](NC(=O)c1cc(Br)c(Br)s1)C(=O)O. The summed E-state index contributed by atoms with van der Waals surface area (Å²) >= 11 is 7.74. The highest BCUT2D eigenvalue weighted by atomic mass is 79.9. The van der Waals surface area contributed by atoms with Crippen LogP contribution in [0.2, 0.25) is 0 Å². The lowest BCUT2D eigenvalue weighted by molar-refractivity contribution is -0.138. The summed E-state index contributed by atoms with van der Waals surface area (Å²) in [6.07, 6.45) is 0. The molecule has 1 heterocycles. The lowest BCUT2D eigenvalue weighted by Gasteiger charge is -2.07. The summed E-state index contributed by atoms with van der Waals surface area (Å²) < 4.78 is 1.58. The van der Waals surface area contributed by atoms with Crippen LogP contribution < -0.4 is 5.32 Å². The van der Waals surface area contributed by atoms with Gasteiger partial charge in [-0.3, -0.25) is 9.59 Å². The van der Waals surface area contributed by atoms with Crippen LogP contribution in [0.5, 0.6) is 0 Å². The van der Waals surface area contributed by atoms with Crippen LogP contribution in [0, 0.1) is 0 Å². The lowest BCUT2D eigenvalue weighted by Crippen LogP contribution is -2.37. The van der Waals surface area contributed by atoms with E-state index in [1.54, 1.807) is 6.07 Å². The number of carbonyl (C=O) groups is 2. The first-order chi connectivity index (χ1) is 6.91. The number of carbonyl (C=O) groups excluding carboxylic acids is 1. The van der Waals surface area contributed by atoms with Gasteiger partial charge in [0.15, 0.2) is 0 Å². The quantitative estimate of drug-likeness (QED) is 0.874. The number of carboxylic acids is 1. The maximum Gasteiger partial charge on any atom is 0.325 e. The van der Waals surface area contributed by atoms with E-state index in [0.29, 0.717) is 4.88 Å². The number of carboxylic acid groups (broad SMARTS) is 1. The Morgan fingerprint density at radius 3 is 2.53 bits per heavy atom. The molecule has 0 saturated carbocycles. The summed E-state index contributed by atoms with van der Waals surface area (Å²) in [6, 6.07) is 0.746. The molecule has 0 aromatic carbocycles. The Balaban J connectivity index is 2.73. The summed E-state index contributed by atoms with van der Waals surface area (Å²) in [5.74, 6) is -1.45. The van der Waals surface area contributed by atoms with E-state index in [4.69, 9.17) is 5.11 Å². The highest BCUT2D eigenvalue weighted by Crippen LogP contribution is 2.32. The van der Waals surface area contributed by atoms with Crippen molar-refractivity contribution in [3.63, 3.8) is 0 Å². The molecule has 1 rings (SSSR count). The summed E-state index contributed by atoms with van der Waals surface area (Å²) in [7, 11) is 0. The Morgan fingerprint density at radius 2 is 2.13 bits per heavy atom. The Labute approximate surface area is 107 Å². The first-order valence-electron chi connectivity index (χ1n) is 3.90. The molecule has 0 unspecified atom stereocenters. The van der Waals surface area contributed by atoms with Gasteiger partial charge >= 0.3 is 5.97 Å². The fourth-order valence-corrected chi connectivity index (χ4v) is 2.73. The standard InChI is InChI=1S/C8H7Br2NO3S/c1-3(8(13)14)11-7(12)5-2-4(9)6(10)15-5/h2-3H,1H3,(H,11,12)(H,13,14)/t3-/m0/s1. The second-order valence-corrected chi connectivity index (χ2v) is 5.99. The Kier molecular flexibility index (Phi) is 4.30. The van der Waals surface area contributed by atoms with Crippen molar-refractivity contribution < 1.29 is 14.7 Å². The minimum atomic E-state index is -1.06. The minimum absolute atomic E-state index is 0.388. The zero-order valence-electron chi connectivity index (χ0n) is 7.58. The van der Waals surface area contributed by atoms with Crippen LogP contribution >= 0.6 is 43.2 Å². The lowest BCUT2D eigenvalue weighted by atomic mass is 10.3. The van der Waals surface area contributed by atoms with Crippen molar-refractivity contribution in [3.05, 3.63) is 19.2 Å². The molecule has 15 heavy (non-hydrogen) atoms. The first kappa shape index (κ1) is 12.7. The zero-order valence-corrected chi connectivity index (χ0v) is 11.6. The van der Waals surface area contributed by atoms with Crippen LogP contribution in [0.3, 0.4) is 0 Å². The van der Waals surface area contributed by atoms with Crippen molar-refractivity contribution in [2.24, 2.45) is 0 Å². The predicted octanol–water partition coefficient (Wildman–Crippen LogP) is 2.48. The van der Waals surface area contributed by atoms with Gasteiger partial charge < -0.3 is 10.4 Å². The highest BCUT2D eigenvalue weighted by molar-refractivity contribution is 9.13. The molecule has 0 saturated heterocycles. The van der Waals surface area contributed by atoms with Crippen molar-refractivity contribution >= 4 is 55.1 Å². The van der Waals surface area contributed by atoms with Crippen molar-refractivity contribution in [1.29, 1.82) is 0 Å². The van der Waals surface area contributed by atoms with Gasteiger partial charge in [0.05, 0.1) is 8.66 Å². The maximum atomic E-state index is 11.5. The van der Waals surface area contributed by atoms with Crippen LogP contribution in [0.1, 0.15) is 16.6 Å². The monoisotopic (exact) mass is 355 g/mol. The molecule has 1 amide bonds. The number of aliphatic carboxylic acids is 1. The smallest absolute Gasteiger partial charge is 0.325 e. The number of halogens is 2. The van der Waals surface area contributed by atoms with Gasteiger partial charge in [-0.05, 0) is 44.8 Å². The van der Waals surface area contributed by atoms with Gasteiger partial charge in [-0.25, -0.2) is 0 Å². The van der Waals surface area contributed by atoms with Crippen LogP contribution in [0.25, 0.3) is 0 Å². The molecule has 7 heteroatoms. The van der Waals surface area contributed by atoms with E-state index in [-0.39, 0.29) is 5.91 Å². The van der Waals surface area contributed by atoms with Gasteiger partial charge in [0.2, 0.25) is 0 Å². The number of amides is 1. The van der Waals surface area contributed by atoms with Crippen LogP contribution in [0.15, 0.2) is 14.3 Å². The number of hydrogen-bond donors (Lipinski definition) is 2. The van der Waals surface area contributed by atoms with Crippen molar-refractivity contribution in [2.45, 2.75) is 13.0 Å². The summed E-state index contributed by atoms with van der Waals surface area (Å²) in [5.41, 5.74) is 0. The van der Waals surface area contributed by atoms with Gasteiger partial charge in [0.1, 0.15) is 6.04 Å². The normalized spacial score (nSPS) is 12.2. The molecule has 0 fully saturated rings. The van der Waals surface area contributed by atoms with E-state index in [1.165, 1.54) is 18.3 Å². The molecule has 0 aliphatic rings. The number of rotatable bonds is 3. The van der Waals surface area contributed by atoms with Crippen LogP contribution in [-0.4, -0.2) is 23.0 Å². The predicted molar refractivity (Wildman–Crippen MR) is 64.3 cm³/mol. The molecule has 0 aliphatic carbocycles. The third-order valence-corrected chi connectivity index (χ3v) is 4.84. The average Bonchev–Trinajstić information content (AvgIpc) is 2.46. The molecular formula is C8H7Br2NO3S. The van der Waals surface area contributed by atoms with E-state index >= 15 is 0 Å². The number of thiophene rings is 1. The van der Waals surface area contributed by atoms with E-state index in [1.807, 2.05) is 0 Å². The maximum absolute atomic E-state index is 11.5. The van der Waals surface area contributed by atoms with Crippen molar-refractivity contribution in [2.75, 3.05) is 0 Å². The van der Waals surface area contributed by atoms with Gasteiger partial charge in [-0.15, -0.1) is 11.3 Å². The first-order valence-corrected chi connectivity index (χ1v) is 6.30. The summed E-state index contributed by atoms with van der Waals surface area (Å²) in [6.45, 7) is 1.41. The molecule has 1 aromatic rings. The molecule has 0 radical (unpaired) electrons. The molecule has 0 spiro atoms. The molecule has 4 nitrogen and oxygen atoms in total. The van der Waals surface area contributed by atoms with Crippen molar-refractivity contribution in [1.82, 2.24) is 5.32 Å². The molecule has 2 N–H and O–H groups in total. The summed E-state index contributed by atoms with van der Waals surface area (Å²) in [5, 5.41) is 11.0. The Hall–Kier alpha value is -0.400. The van der Waals surface area contributed by atoms with Crippen LogP contribution in [0.4, 0.5) is 0 Å². The van der Waals surface area contributed by atoms with E-state index < -0.39 is 12.0 Å². The van der Waals surface area contributed by atoms with Crippen LogP contribution in [-0.2, 0) is 4.79 Å². The molecule has 0 bridgehead atoms. The molecule has 1 aromatic heterocycles. The van der Waals surface area contributed by atoms with Gasteiger partial charge in [0, 0.05) is 4.47 Å². The zero-order chi connectivity index (χ0) is 11.6. The van der Waals surface area contributed by atoms with Gasteiger partial charge in [-0.1, -0.05) is 0 Å².